The van der Waals surface area contributed by atoms with Gasteiger partial charge in [0.1, 0.15) is 0 Å². The summed E-state index contributed by atoms with van der Waals surface area (Å²) in [6.45, 7) is 1.98. The van der Waals surface area contributed by atoms with Crippen molar-refractivity contribution in [3.63, 3.8) is 0 Å². The van der Waals surface area contributed by atoms with Crippen molar-refractivity contribution in [2.45, 2.75) is 43.7 Å². The molecule has 7 heteroatoms. The molecule has 22 heavy (non-hydrogen) atoms. The van der Waals surface area contributed by atoms with Crippen LogP contribution in [0.4, 0.5) is 0 Å². The van der Waals surface area contributed by atoms with E-state index in [9.17, 15) is 9.59 Å². The lowest BCUT2D eigenvalue weighted by molar-refractivity contribution is -0.128. The zero-order chi connectivity index (χ0) is 15.1. The van der Waals surface area contributed by atoms with Crippen LogP contribution in [0.2, 0.25) is 0 Å². The quantitative estimate of drug-likeness (QED) is 0.843. The number of aromatic amines is 1. The minimum Gasteiger partial charge on any atom is -0.381 e. The standard InChI is InChI=1S/C15H20N4O3/c20-13-5-10(7-19(13)11-1-2-11)17-15(21)12-6-16-18-14(12)9-3-4-22-8-9/h6,9-11H,1-5,7-8H2,(H,16,18)(H,17,21)/t9-,10-/m0/s1. The fourth-order valence-corrected chi connectivity index (χ4v) is 3.38. The third-order valence-electron chi connectivity index (χ3n) is 4.73. The number of carbonyl (C=O) groups excluding carboxylic acids is 2. The van der Waals surface area contributed by atoms with E-state index in [1.54, 1.807) is 6.20 Å². The van der Waals surface area contributed by atoms with Crippen LogP contribution in [-0.4, -0.2) is 58.8 Å². The molecule has 0 bridgehead atoms. The summed E-state index contributed by atoms with van der Waals surface area (Å²) in [6, 6.07) is 0.317. The zero-order valence-corrected chi connectivity index (χ0v) is 12.4. The van der Waals surface area contributed by atoms with Gasteiger partial charge in [-0.15, -0.1) is 0 Å². The molecule has 0 aromatic carbocycles. The molecule has 2 atom stereocenters. The van der Waals surface area contributed by atoms with Crippen molar-refractivity contribution < 1.29 is 14.3 Å². The molecule has 0 spiro atoms. The Morgan fingerprint density at radius 3 is 3.00 bits per heavy atom. The van der Waals surface area contributed by atoms with Crippen molar-refractivity contribution in [3.05, 3.63) is 17.5 Å². The van der Waals surface area contributed by atoms with Crippen LogP contribution in [0.3, 0.4) is 0 Å². The minimum absolute atomic E-state index is 0.0943. The lowest BCUT2D eigenvalue weighted by atomic mass is 10.0. The van der Waals surface area contributed by atoms with Gasteiger partial charge in [-0.3, -0.25) is 14.7 Å². The molecule has 0 unspecified atom stereocenters. The molecule has 3 heterocycles. The van der Waals surface area contributed by atoms with Crippen LogP contribution >= 0.6 is 0 Å². The van der Waals surface area contributed by atoms with E-state index in [4.69, 9.17) is 4.74 Å². The van der Waals surface area contributed by atoms with Gasteiger partial charge in [-0.1, -0.05) is 0 Å². The van der Waals surface area contributed by atoms with Crippen LogP contribution < -0.4 is 5.32 Å². The van der Waals surface area contributed by atoms with Crippen LogP contribution in [0.1, 0.15) is 47.7 Å². The highest BCUT2D eigenvalue weighted by atomic mass is 16.5. The molecule has 3 fully saturated rings. The summed E-state index contributed by atoms with van der Waals surface area (Å²) in [7, 11) is 0. The number of likely N-dealkylation sites (tertiary alicyclic amines) is 1. The largest absolute Gasteiger partial charge is 0.381 e. The Kier molecular flexibility index (Phi) is 3.37. The summed E-state index contributed by atoms with van der Waals surface area (Å²) in [4.78, 5) is 26.4. The first kappa shape index (κ1) is 13.8. The first-order valence-corrected chi connectivity index (χ1v) is 7.93. The van der Waals surface area contributed by atoms with Gasteiger partial charge in [-0.2, -0.15) is 5.10 Å². The molecular formula is C15H20N4O3. The normalized spacial score (nSPS) is 28.4. The number of carbonyl (C=O) groups is 2. The van der Waals surface area contributed by atoms with Gasteiger partial charge in [0, 0.05) is 31.5 Å². The van der Waals surface area contributed by atoms with Crippen molar-refractivity contribution in [2.75, 3.05) is 19.8 Å². The number of nitrogens with zero attached hydrogens (tertiary/aromatic N) is 2. The SMILES string of the molecule is O=C(N[C@H]1CC(=O)N(C2CC2)C1)c1cn[nH]c1[C@H]1CCOC1. The van der Waals surface area contributed by atoms with E-state index in [0.717, 1.165) is 31.6 Å². The average Bonchev–Trinajstić information content (AvgIpc) is 2.94. The molecular weight excluding hydrogens is 284 g/mol. The van der Waals surface area contributed by atoms with Gasteiger partial charge in [0.25, 0.3) is 5.91 Å². The highest BCUT2D eigenvalue weighted by Gasteiger charge is 2.40. The first-order valence-electron chi connectivity index (χ1n) is 7.93. The molecule has 1 aromatic heterocycles. The maximum Gasteiger partial charge on any atom is 0.255 e. The van der Waals surface area contributed by atoms with Crippen molar-refractivity contribution in [3.8, 4) is 0 Å². The average molecular weight is 304 g/mol. The number of ether oxygens (including phenoxy) is 1. The van der Waals surface area contributed by atoms with E-state index >= 15 is 0 Å². The van der Waals surface area contributed by atoms with Crippen LogP contribution in [0.5, 0.6) is 0 Å². The topological polar surface area (TPSA) is 87.3 Å². The molecule has 1 aliphatic carbocycles. The molecule has 2 aliphatic heterocycles. The van der Waals surface area contributed by atoms with Gasteiger partial charge in [0.05, 0.1) is 30.1 Å². The second kappa shape index (κ2) is 5.39. The molecule has 118 valence electrons. The predicted octanol–water partition coefficient (Wildman–Crippen LogP) is 0.407. The molecule has 2 saturated heterocycles. The second-order valence-corrected chi connectivity index (χ2v) is 6.41. The monoisotopic (exact) mass is 304 g/mol. The highest BCUT2D eigenvalue weighted by Crippen LogP contribution is 2.31. The van der Waals surface area contributed by atoms with E-state index < -0.39 is 0 Å². The lowest BCUT2D eigenvalue weighted by Crippen LogP contribution is -2.38. The van der Waals surface area contributed by atoms with E-state index in [1.807, 2.05) is 4.90 Å². The molecule has 1 aromatic rings. The van der Waals surface area contributed by atoms with Crippen LogP contribution in [0.15, 0.2) is 6.20 Å². The molecule has 0 radical (unpaired) electrons. The highest BCUT2D eigenvalue weighted by molar-refractivity contribution is 5.96. The minimum atomic E-state index is -0.147. The Hall–Kier alpha value is -1.89. The number of hydrogen-bond acceptors (Lipinski definition) is 4. The Labute approximate surface area is 128 Å². The van der Waals surface area contributed by atoms with E-state index in [-0.39, 0.29) is 23.8 Å². The van der Waals surface area contributed by atoms with Crippen molar-refractivity contribution in [2.24, 2.45) is 0 Å². The van der Waals surface area contributed by atoms with Gasteiger partial charge in [0.2, 0.25) is 5.91 Å². The predicted molar refractivity (Wildman–Crippen MR) is 77.4 cm³/mol. The molecule has 7 nitrogen and oxygen atoms in total. The van der Waals surface area contributed by atoms with E-state index in [1.165, 1.54) is 0 Å². The fraction of sp³-hybridized carbons (Fsp3) is 0.667. The number of amides is 2. The summed E-state index contributed by atoms with van der Waals surface area (Å²) >= 11 is 0. The fourth-order valence-electron chi connectivity index (χ4n) is 3.38. The van der Waals surface area contributed by atoms with Crippen molar-refractivity contribution in [1.82, 2.24) is 20.4 Å². The first-order chi connectivity index (χ1) is 10.7. The Morgan fingerprint density at radius 1 is 1.41 bits per heavy atom. The number of H-pyrrole nitrogens is 1. The number of hydrogen-bond donors (Lipinski definition) is 2. The molecule has 4 rings (SSSR count). The van der Waals surface area contributed by atoms with Gasteiger partial charge < -0.3 is 15.0 Å². The summed E-state index contributed by atoms with van der Waals surface area (Å²) in [6.07, 6.45) is 5.07. The van der Waals surface area contributed by atoms with Gasteiger partial charge in [-0.05, 0) is 19.3 Å². The van der Waals surface area contributed by atoms with Crippen molar-refractivity contribution in [1.29, 1.82) is 0 Å². The number of rotatable bonds is 4. The summed E-state index contributed by atoms with van der Waals surface area (Å²) < 4.78 is 5.38. The number of nitrogens with one attached hydrogen (secondary N) is 2. The van der Waals surface area contributed by atoms with Gasteiger partial charge >= 0.3 is 0 Å². The lowest BCUT2D eigenvalue weighted by Gasteiger charge is -2.16. The maximum absolute atomic E-state index is 12.5. The maximum atomic E-state index is 12.5. The third kappa shape index (κ3) is 2.49. The summed E-state index contributed by atoms with van der Waals surface area (Å²) in [5.41, 5.74) is 1.42. The summed E-state index contributed by atoms with van der Waals surface area (Å²) in [5.74, 6) is 0.215. The van der Waals surface area contributed by atoms with Crippen LogP contribution in [0.25, 0.3) is 0 Å². The molecule has 3 aliphatic rings. The van der Waals surface area contributed by atoms with Crippen LogP contribution in [0, 0.1) is 0 Å². The van der Waals surface area contributed by atoms with E-state index in [0.29, 0.717) is 31.2 Å². The second-order valence-electron chi connectivity index (χ2n) is 6.41. The van der Waals surface area contributed by atoms with Gasteiger partial charge in [0.15, 0.2) is 0 Å². The van der Waals surface area contributed by atoms with E-state index in [2.05, 4.69) is 15.5 Å². The number of aromatic nitrogens is 2. The van der Waals surface area contributed by atoms with Crippen LogP contribution in [-0.2, 0) is 9.53 Å². The third-order valence-corrected chi connectivity index (χ3v) is 4.73. The molecule has 1 saturated carbocycles. The Morgan fingerprint density at radius 2 is 2.27 bits per heavy atom. The summed E-state index contributed by atoms with van der Waals surface area (Å²) in [5, 5.41) is 9.93. The Bertz CT molecular complexity index is 589. The van der Waals surface area contributed by atoms with Crippen molar-refractivity contribution >= 4 is 11.8 Å². The Balaban J connectivity index is 1.42. The molecule has 2 N–H and O–H groups in total. The zero-order valence-electron chi connectivity index (χ0n) is 12.4. The van der Waals surface area contributed by atoms with Gasteiger partial charge in [-0.25, -0.2) is 0 Å². The smallest absolute Gasteiger partial charge is 0.255 e. The molecule has 2 amide bonds.